The Bertz CT molecular complexity index is 1050. The van der Waals surface area contributed by atoms with E-state index in [0.29, 0.717) is 12.8 Å². The van der Waals surface area contributed by atoms with E-state index in [1.165, 1.54) is 24.3 Å². The van der Waals surface area contributed by atoms with Gasteiger partial charge in [-0.3, -0.25) is 14.8 Å². The maximum Gasteiger partial charge on any atom is 0.148 e. The molecule has 2 heterocycles. The smallest absolute Gasteiger partial charge is 0.148 e. The predicted octanol–water partition coefficient (Wildman–Crippen LogP) is 5.68. The first-order valence-electron chi connectivity index (χ1n) is 10.4. The van der Waals surface area contributed by atoms with E-state index in [2.05, 4.69) is 9.97 Å². The minimum absolute atomic E-state index is 0.00293. The Hall–Kier alpha value is -3.73. The number of halogens is 2. The second kappa shape index (κ2) is 10.1. The molecule has 3 nitrogen and oxygen atoms in total. The normalized spacial score (nSPS) is 12.8. The van der Waals surface area contributed by atoms with E-state index >= 15 is 0 Å². The van der Waals surface area contributed by atoms with E-state index in [1.54, 1.807) is 49.1 Å². The average Bonchev–Trinajstić information content (AvgIpc) is 2.83. The van der Waals surface area contributed by atoms with Crippen molar-refractivity contribution in [1.82, 2.24) is 9.97 Å². The summed E-state index contributed by atoms with van der Waals surface area (Å²) in [4.78, 5) is 22.1. The number of carbonyl (C=O) groups excluding carboxylic acids is 1. The molecule has 2 unspecified atom stereocenters. The van der Waals surface area contributed by atoms with Gasteiger partial charge in [0, 0.05) is 36.6 Å². The molecule has 0 N–H and O–H groups in total. The fourth-order valence-corrected chi connectivity index (χ4v) is 3.91. The molecule has 2 aromatic heterocycles. The Morgan fingerprint density at radius 1 is 0.594 bits per heavy atom. The van der Waals surface area contributed by atoms with Crippen LogP contribution in [0.3, 0.4) is 0 Å². The molecule has 160 valence electrons. The van der Waals surface area contributed by atoms with Crippen LogP contribution < -0.4 is 0 Å². The van der Waals surface area contributed by atoms with Gasteiger partial charge >= 0.3 is 0 Å². The summed E-state index contributed by atoms with van der Waals surface area (Å²) in [6.45, 7) is 0. The van der Waals surface area contributed by atoms with Crippen LogP contribution in [0.5, 0.6) is 0 Å². The summed E-state index contributed by atoms with van der Waals surface area (Å²) >= 11 is 0. The maximum absolute atomic E-state index is 14.0. The highest BCUT2D eigenvalue weighted by Gasteiger charge is 2.30. The van der Waals surface area contributed by atoms with E-state index in [1.807, 2.05) is 24.3 Å². The molecule has 0 saturated heterocycles. The monoisotopic (exact) mass is 428 g/mol. The Morgan fingerprint density at radius 2 is 0.938 bits per heavy atom. The largest absolute Gasteiger partial charge is 0.298 e. The Morgan fingerprint density at radius 3 is 1.28 bits per heavy atom. The summed E-state index contributed by atoms with van der Waals surface area (Å²) in [5.41, 5.74) is 3.42. The van der Waals surface area contributed by atoms with Crippen molar-refractivity contribution in [2.45, 2.75) is 24.7 Å². The maximum atomic E-state index is 14.0. The van der Waals surface area contributed by atoms with Gasteiger partial charge in [0.1, 0.15) is 17.4 Å². The summed E-state index contributed by atoms with van der Waals surface area (Å²) in [6.07, 6.45) is 7.68. The van der Waals surface area contributed by atoms with E-state index in [4.69, 9.17) is 0 Å². The van der Waals surface area contributed by atoms with Crippen LogP contribution in [0.4, 0.5) is 8.78 Å². The Balaban J connectivity index is 1.73. The molecular formula is C27H22F2N2O. The zero-order valence-corrected chi connectivity index (χ0v) is 17.4. The summed E-state index contributed by atoms with van der Waals surface area (Å²) in [5, 5.41) is 0. The van der Waals surface area contributed by atoms with Crippen molar-refractivity contribution < 1.29 is 13.6 Å². The molecule has 0 fully saturated rings. The molecule has 0 bridgehead atoms. The number of ketones is 1. The van der Waals surface area contributed by atoms with Gasteiger partial charge in [0.05, 0.1) is 0 Å². The van der Waals surface area contributed by atoms with E-state index in [0.717, 1.165) is 22.3 Å². The second-order valence-electron chi connectivity index (χ2n) is 7.73. The van der Waals surface area contributed by atoms with Crippen molar-refractivity contribution in [2.75, 3.05) is 0 Å². The van der Waals surface area contributed by atoms with Gasteiger partial charge < -0.3 is 0 Å². The van der Waals surface area contributed by atoms with Crippen LogP contribution >= 0.6 is 0 Å². The van der Waals surface area contributed by atoms with Gasteiger partial charge in [-0.1, -0.05) is 24.3 Å². The fourth-order valence-electron chi connectivity index (χ4n) is 3.91. The fraction of sp³-hybridized carbons (Fsp3) is 0.148. The van der Waals surface area contributed by atoms with Crippen LogP contribution in [0.2, 0.25) is 0 Å². The molecule has 0 aliphatic heterocycles. The first-order chi connectivity index (χ1) is 15.6. The molecule has 4 aromatic rings. The van der Waals surface area contributed by atoms with Gasteiger partial charge in [0.15, 0.2) is 0 Å². The Labute approximate surface area is 185 Å². The van der Waals surface area contributed by atoms with E-state index < -0.39 is 11.8 Å². The highest BCUT2D eigenvalue weighted by atomic mass is 19.1. The summed E-state index contributed by atoms with van der Waals surface area (Å²) in [6, 6.07) is 19.6. The van der Waals surface area contributed by atoms with Crippen LogP contribution in [-0.2, 0) is 17.6 Å². The number of Topliss-reactive ketones (excluding diaryl/α,β-unsaturated/α-hetero) is 1. The first-order valence-corrected chi connectivity index (χ1v) is 10.4. The third-order valence-corrected chi connectivity index (χ3v) is 5.61. The van der Waals surface area contributed by atoms with Gasteiger partial charge in [0.25, 0.3) is 0 Å². The number of nitrogens with zero attached hydrogens (tertiary/aromatic N) is 2. The van der Waals surface area contributed by atoms with Gasteiger partial charge in [-0.15, -0.1) is 0 Å². The zero-order valence-electron chi connectivity index (χ0n) is 17.4. The number of rotatable bonds is 8. The van der Waals surface area contributed by atoms with Crippen LogP contribution in [0, 0.1) is 11.6 Å². The molecule has 32 heavy (non-hydrogen) atoms. The quantitative estimate of drug-likeness (QED) is 0.363. The van der Waals surface area contributed by atoms with Crippen LogP contribution in [0.25, 0.3) is 0 Å². The van der Waals surface area contributed by atoms with E-state index in [9.17, 15) is 13.6 Å². The lowest BCUT2D eigenvalue weighted by Gasteiger charge is -2.24. The predicted molar refractivity (Wildman–Crippen MR) is 119 cm³/mol. The van der Waals surface area contributed by atoms with Crippen molar-refractivity contribution in [3.63, 3.8) is 0 Å². The highest BCUT2D eigenvalue weighted by Crippen LogP contribution is 2.32. The number of aromatic nitrogens is 2. The van der Waals surface area contributed by atoms with Crippen LogP contribution in [-0.4, -0.2) is 15.8 Å². The summed E-state index contributed by atoms with van der Waals surface area (Å²) < 4.78 is 27.2. The number of benzene rings is 2. The first kappa shape index (κ1) is 21.5. The van der Waals surface area contributed by atoms with Crippen molar-refractivity contribution in [2.24, 2.45) is 0 Å². The van der Waals surface area contributed by atoms with Gasteiger partial charge in [0.2, 0.25) is 0 Å². The number of hydrogen-bond acceptors (Lipinski definition) is 3. The number of carbonyl (C=O) groups is 1. The molecule has 2 aromatic carbocycles. The minimum atomic E-state index is -0.491. The third kappa shape index (κ3) is 5.30. The molecule has 0 amide bonds. The molecule has 2 atom stereocenters. The van der Waals surface area contributed by atoms with Gasteiger partial charge in [-0.25, -0.2) is 8.78 Å². The number of hydrogen-bond donors (Lipinski definition) is 0. The Kier molecular flexibility index (Phi) is 6.75. The molecule has 0 saturated carbocycles. The number of pyridine rings is 2. The van der Waals surface area contributed by atoms with Crippen molar-refractivity contribution >= 4 is 5.78 Å². The van der Waals surface area contributed by atoms with Crippen molar-refractivity contribution in [3.8, 4) is 0 Å². The molecule has 0 radical (unpaired) electrons. The van der Waals surface area contributed by atoms with Crippen LogP contribution in [0.1, 0.15) is 34.1 Å². The summed E-state index contributed by atoms with van der Waals surface area (Å²) in [5.74, 6) is -1.69. The summed E-state index contributed by atoms with van der Waals surface area (Å²) in [7, 11) is 0. The molecule has 0 aliphatic rings. The lowest BCUT2D eigenvalue weighted by molar-refractivity contribution is -0.122. The van der Waals surface area contributed by atoms with Crippen LogP contribution in [0.15, 0.2) is 97.6 Å². The van der Waals surface area contributed by atoms with E-state index in [-0.39, 0.29) is 17.4 Å². The molecule has 5 heteroatoms. The van der Waals surface area contributed by atoms with Crippen molar-refractivity contribution in [1.29, 1.82) is 0 Å². The lowest BCUT2D eigenvalue weighted by atomic mass is 9.78. The molecule has 0 spiro atoms. The molecule has 4 rings (SSSR count). The topological polar surface area (TPSA) is 42.9 Å². The lowest BCUT2D eigenvalue weighted by Crippen LogP contribution is -2.24. The average molecular weight is 428 g/mol. The SMILES string of the molecule is O=C(C(Cc1ccncc1)c1ccc(F)cc1)C(Cc1ccncc1)c1ccc(F)cc1. The standard InChI is InChI=1S/C27H22F2N2O/c28-23-5-1-21(2-6-23)25(17-19-9-13-30-14-10-19)27(32)26(18-20-11-15-31-16-12-20)22-3-7-24(29)8-4-22/h1-16,25-26H,17-18H2. The third-order valence-electron chi connectivity index (χ3n) is 5.61. The molecular weight excluding hydrogens is 406 g/mol. The zero-order chi connectivity index (χ0) is 22.3. The minimum Gasteiger partial charge on any atom is -0.298 e. The van der Waals surface area contributed by atoms with Gasteiger partial charge in [-0.2, -0.15) is 0 Å². The highest BCUT2D eigenvalue weighted by molar-refractivity contribution is 5.92. The second-order valence-corrected chi connectivity index (χ2v) is 7.73. The van der Waals surface area contributed by atoms with Gasteiger partial charge in [-0.05, 0) is 83.6 Å². The molecule has 0 aliphatic carbocycles. The van der Waals surface area contributed by atoms with Crippen molar-refractivity contribution in [3.05, 3.63) is 131 Å².